The standard InChI is InChI=1S/C27H33N7O4.C18H19N9O/c1-27(2,3)33(26(36)37)16-8-7-11-21(22(28)35)30-25-29-20-10-6-5-9-19(20)24-31-23(32-34(24)25)17-12-14-18(38-4)15-13-17;1-26-10-11(8-21-26)15-24-16-12-4-2-3-5-13(12)22-18(27(16)25-15)23-14-9-19-6-7-20-17(14)28/h5-6,9-10,12-15,21H,7-8,11,16H2,1-4H3,(H2,28,35)(H,29,30)(H,36,37);2-5,8,10,14,19H,6-7,9H2,1H3,(H,20,28)(H,22,23)/t21-;14-/m00/s1. The molecule has 0 bridgehead atoms. The number of ether oxygens (including phenoxy) is 1. The average Bonchev–Trinajstić information content (AvgIpc) is 4.04. The number of nitrogens with zero attached hydrogens (tertiary/aromatic N) is 11. The normalized spacial score (nSPS) is 14.6. The SMILES string of the molecule is COc1ccc(-c2nc3c4ccccc4nc(N[C@@H](CCCCN(C(=O)O)C(C)(C)C)C(N)=O)n3n2)cc1.Cn1cc(-c2nc3c4ccccc4nc(N[C@H]4CNCCNC4=O)n3n2)cn1. The van der Waals surface area contributed by atoms with Gasteiger partial charge in [-0.15, -0.1) is 10.2 Å². The first kappa shape index (κ1) is 44.7. The number of para-hydroxylation sites is 2. The number of anilines is 2. The van der Waals surface area contributed by atoms with E-state index in [-0.39, 0.29) is 5.91 Å². The van der Waals surface area contributed by atoms with Crippen molar-refractivity contribution in [3.63, 3.8) is 0 Å². The lowest BCUT2D eigenvalue weighted by molar-refractivity contribution is -0.121. The van der Waals surface area contributed by atoms with Crippen LogP contribution in [0.25, 0.3) is 55.9 Å². The Morgan fingerprint density at radius 3 is 2.09 bits per heavy atom. The average molecular weight is 897 g/mol. The molecule has 0 radical (unpaired) electrons. The summed E-state index contributed by atoms with van der Waals surface area (Å²) in [5, 5.41) is 37.2. The number of aryl methyl sites for hydroxylation is 1. The van der Waals surface area contributed by atoms with Crippen LogP contribution in [0.1, 0.15) is 40.0 Å². The molecule has 9 rings (SSSR count). The van der Waals surface area contributed by atoms with E-state index in [1.165, 1.54) is 4.90 Å². The fourth-order valence-corrected chi connectivity index (χ4v) is 7.61. The van der Waals surface area contributed by atoms with E-state index in [9.17, 15) is 19.5 Å². The quantitative estimate of drug-likeness (QED) is 0.0880. The number of fused-ring (bicyclic) bond motifs is 6. The summed E-state index contributed by atoms with van der Waals surface area (Å²) in [4.78, 5) is 56.6. The Bertz CT molecular complexity index is 3030. The molecule has 66 heavy (non-hydrogen) atoms. The number of rotatable bonds is 13. The van der Waals surface area contributed by atoms with Gasteiger partial charge in [-0.25, -0.2) is 24.7 Å². The van der Waals surface area contributed by atoms with Gasteiger partial charge in [0.2, 0.25) is 23.7 Å². The third kappa shape index (κ3) is 9.75. The summed E-state index contributed by atoms with van der Waals surface area (Å²) in [6.45, 7) is 7.76. The van der Waals surface area contributed by atoms with Crippen LogP contribution < -0.4 is 31.7 Å². The number of amides is 3. The van der Waals surface area contributed by atoms with Gasteiger partial charge in [-0.3, -0.25) is 14.3 Å². The van der Waals surface area contributed by atoms with E-state index in [0.29, 0.717) is 79.3 Å². The lowest BCUT2D eigenvalue weighted by Gasteiger charge is -2.33. The van der Waals surface area contributed by atoms with E-state index >= 15 is 0 Å². The highest BCUT2D eigenvalue weighted by molar-refractivity contribution is 5.94. The van der Waals surface area contributed by atoms with E-state index in [2.05, 4.69) is 36.6 Å². The maximum absolute atomic E-state index is 12.4. The highest BCUT2D eigenvalue weighted by Gasteiger charge is 2.27. The molecule has 7 N–H and O–H groups in total. The smallest absolute Gasteiger partial charge is 0.407 e. The van der Waals surface area contributed by atoms with Gasteiger partial charge in [0.1, 0.15) is 17.8 Å². The summed E-state index contributed by atoms with van der Waals surface area (Å²) >= 11 is 0. The third-order valence-electron chi connectivity index (χ3n) is 11.1. The van der Waals surface area contributed by atoms with Crippen molar-refractivity contribution in [1.29, 1.82) is 0 Å². The second kappa shape index (κ2) is 19.0. The molecule has 6 heterocycles. The monoisotopic (exact) mass is 896 g/mol. The molecule has 0 saturated carbocycles. The number of aromatic nitrogens is 10. The van der Waals surface area contributed by atoms with Crippen LogP contribution in [-0.2, 0) is 16.6 Å². The minimum atomic E-state index is -0.969. The molecule has 0 spiro atoms. The molecule has 0 aliphatic carbocycles. The van der Waals surface area contributed by atoms with Gasteiger partial charge in [0.15, 0.2) is 22.9 Å². The summed E-state index contributed by atoms with van der Waals surface area (Å²) in [5.74, 6) is 2.00. The van der Waals surface area contributed by atoms with Crippen LogP contribution in [0.15, 0.2) is 85.2 Å². The van der Waals surface area contributed by atoms with Crippen LogP contribution in [0, 0.1) is 0 Å². The first-order valence-corrected chi connectivity index (χ1v) is 21.5. The lowest BCUT2D eigenvalue weighted by Crippen LogP contribution is -2.45. The van der Waals surface area contributed by atoms with Gasteiger partial charge in [0.05, 0.1) is 29.9 Å². The molecule has 1 fully saturated rings. The molecule has 0 unspecified atom stereocenters. The Labute approximate surface area is 378 Å². The van der Waals surface area contributed by atoms with Crippen molar-refractivity contribution < 1.29 is 24.2 Å². The molecule has 3 amide bonds. The van der Waals surface area contributed by atoms with Gasteiger partial charge in [0.25, 0.3) is 0 Å². The van der Waals surface area contributed by atoms with Gasteiger partial charge in [0, 0.05) is 61.3 Å². The van der Waals surface area contributed by atoms with E-state index in [1.807, 2.05) is 107 Å². The highest BCUT2D eigenvalue weighted by Crippen LogP contribution is 2.27. The van der Waals surface area contributed by atoms with Crippen molar-refractivity contribution in [3.8, 4) is 28.5 Å². The molecule has 3 aromatic carbocycles. The van der Waals surface area contributed by atoms with Crippen LogP contribution >= 0.6 is 0 Å². The molecule has 8 aromatic rings. The van der Waals surface area contributed by atoms with Crippen LogP contribution in [0.4, 0.5) is 16.7 Å². The van der Waals surface area contributed by atoms with Crippen molar-refractivity contribution in [2.24, 2.45) is 12.8 Å². The molecule has 1 aliphatic rings. The Hall–Kier alpha value is -7.94. The Morgan fingerprint density at radius 1 is 0.879 bits per heavy atom. The highest BCUT2D eigenvalue weighted by atomic mass is 16.5. The molecule has 5 aromatic heterocycles. The Morgan fingerprint density at radius 2 is 1.50 bits per heavy atom. The Kier molecular flexibility index (Phi) is 12.9. The summed E-state index contributed by atoms with van der Waals surface area (Å²) in [6.07, 6.45) is 4.19. The first-order valence-electron chi connectivity index (χ1n) is 21.5. The zero-order chi connectivity index (χ0) is 46.5. The van der Waals surface area contributed by atoms with E-state index in [4.69, 9.17) is 30.4 Å². The van der Waals surface area contributed by atoms with Crippen molar-refractivity contribution in [2.75, 3.05) is 43.9 Å². The largest absolute Gasteiger partial charge is 0.497 e. The minimum Gasteiger partial charge on any atom is -0.497 e. The summed E-state index contributed by atoms with van der Waals surface area (Å²) in [7, 11) is 3.46. The van der Waals surface area contributed by atoms with Gasteiger partial charge in [-0.2, -0.15) is 14.1 Å². The predicted molar refractivity (Wildman–Crippen MR) is 249 cm³/mol. The first-order chi connectivity index (χ1) is 31.8. The number of hydrogen-bond donors (Lipinski definition) is 6. The summed E-state index contributed by atoms with van der Waals surface area (Å²) in [5.41, 5.74) is 9.59. The lowest BCUT2D eigenvalue weighted by atomic mass is 10.0. The maximum atomic E-state index is 12.4. The second-order valence-corrected chi connectivity index (χ2v) is 16.8. The van der Waals surface area contributed by atoms with Gasteiger partial charge in [-0.05, 0) is 88.6 Å². The molecular formula is C45H52N16O5. The molecule has 21 heteroatoms. The maximum Gasteiger partial charge on any atom is 0.407 e. The molecule has 21 nitrogen and oxygen atoms in total. The zero-order valence-corrected chi connectivity index (χ0v) is 37.3. The number of carboxylic acid groups (broad SMARTS) is 1. The minimum absolute atomic E-state index is 0.0688. The molecular weight excluding hydrogens is 845 g/mol. The summed E-state index contributed by atoms with van der Waals surface area (Å²) < 4.78 is 10.2. The van der Waals surface area contributed by atoms with Gasteiger partial charge >= 0.3 is 6.09 Å². The van der Waals surface area contributed by atoms with Crippen molar-refractivity contribution in [2.45, 2.75) is 57.7 Å². The predicted octanol–water partition coefficient (Wildman–Crippen LogP) is 4.35. The number of carbonyl (C=O) groups excluding carboxylic acids is 2. The number of unbranched alkanes of at least 4 members (excludes halogenated alkanes) is 1. The van der Waals surface area contributed by atoms with Crippen LogP contribution in [0.3, 0.4) is 0 Å². The number of nitrogens with two attached hydrogens (primary N) is 1. The van der Waals surface area contributed by atoms with E-state index in [0.717, 1.165) is 39.7 Å². The van der Waals surface area contributed by atoms with Gasteiger partial charge < -0.3 is 41.7 Å². The van der Waals surface area contributed by atoms with Gasteiger partial charge in [-0.1, -0.05) is 24.3 Å². The fraction of sp³-hybridized carbons (Fsp3) is 0.333. The third-order valence-corrected chi connectivity index (χ3v) is 11.1. The molecule has 1 saturated heterocycles. The molecule has 1 aliphatic heterocycles. The summed E-state index contributed by atoms with van der Waals surface area (Å²) in [6, 6.07) is 21.6. The fourth-order valence-electron chi connectivity index (χ4n) is 7.61. The second-order valence-electron chi connectivity index (χ2n) is 16.8. The number of nitrogens with one attached hydrogen (secondary N) is 4. The number of methoxy groups -OCH3 is 1. The topological polar surface area (TPSA) is 262 Å². The number of carbonyl (C=O) groups is 3. The zero-order valence-electron chi connectivity index (χ0n) is 37.3. The molecule has 2 atom stereocenters. The van der Waals surface area contributed by atoms with Crippen molar-refractivity contribution in [1.82, 2.24) is 64.5 Å². The van der Waals surface area contributed by atoms with Crippen LogP contribution in [0.5, 0.6) is 5.75 Å². The number of hydrogen-bond acceptors (Lipinski definition) is 14. The van der Waals surface area contributed by atoms with Crippen molar-refractivity contribution >= 4 is 62.9 Å². The van der Waals surface area contributed by atoms with Crippen molar-refractivity contribution in [3.05, 3.63) is 85.2 Å². The van der Waals surface area contributed by atoms with Crippen LogP contribution in [-0.4, -0.2) is 128 Å². The molecule has 342 valence electrons. The van der Waals surface area contributed by atoms with Crippen LogP contribution in [0.2, 0.25) is 0 Å². The number of primary amides is 1. The van der Waals surface area contributed by atoms with E-state index in [1.54, 1.807) is 27.0 Å². The number of benzene rings is 3. The van der Waals surface area contributed by atoms with E-state index < -0.39 is 29.6 Å². The Balaban J connectivity index is 0.000000187.